The number of carbonyl (C=O) groups excluding carboxylic acids is 1. The number of ether oxygens (including phenoxy) is 2. The van der Waals surface area contributed by atoms with Gasteiger partial charge < -0.3 is 19.4 Å². The minimum atomic E-state index is -2.90. The Kier molecular flexibility index (Phi) is 5.25. The number of rotatable bonds is 6. The molecule has 0 atom stereocenters. The zero-order chi connectivity index (χ0) is 19.6. The van der Waals surface area contributed by atoms with Gasteiger partial charge in [0.15, 0.2) is 0 Å². The highest BCUT2D eigenvalue weighted by atomic mass is 19.3. The van der Waals surface area contributed by atoms with Crippen LogP contribution in [0.5, 0.6) is 11.5 Å². The highest BCUT2D eigenvalue weighted by Crippen LogP contribution is 2.28. The van der Waals surface area contributed by atoms with Crippen molar-refractivity contribution >= 4 is 16.9 Å². The quantitative estimate of drug-likeness (QED) is 0.717. The van der Waals surface area contributed by atoms with Crippen molar-refractivity contribution < 1.29 is 23.0 Å². The molecule has 3 rings (SSSR count). The minimum Gasteiger partial charge on any atom is -0.496 e. The van der Waals surface area contributed by atoms with Crippen molar-refractivity contribution in [2.75, 3.05) is 7.11 Å². The molecule has 0 aliphatic rings. The van der Waals surface area contributed by atoms with E-state index in [0.717, 1.165) is 22.4 Å². The summed E-state index contributed by atoms with van der Waals surface area (Å²) in [5.74, 6) is 1.15. The van der Waals surface area contributed by atoms with Crippen LogP contribution < -0.4 is 14.8 Å². The molecule has 1 heterocycles. The lowest BCUT2D eigenvalue weighted by Crippen LogP contribution is -2.23. The number of aromatic nitrogens is 2. The van der Waals surface area contributed by atoms with E-state index in [0.29, 0.717) is 11.3 Å². The van der Waals surface area contributed by atoms with Crippen LogP contribution in [0.3, 0.4) is 0 Å². The van der Waals surface area contributed by atoms with Crippen LogP contribution in [0, 0.1) is 6.92 Å². The number of fused-ring (bicyclic) bond motifs is 1. The SMILES string of the molecule is COc1ccc2nc(C)n(C)c2c1CNC(=O)c1ccc(OC(F)F)cc1. The maximum atomic E-state index is 12.4. The molecule has 3 aromatic rings. The highest BCUT2D eigenvalue weighted by Gasteiger charge is 2.16. The summed E-state index contributed by atoms with van der Waals surface area (Å²) in [4.78, 5) is 16.9. The molecule has 2 aromatic carbocycles. The monoisotopic (exact) mass is 375 g/mol. The Morgan fingerprint density at radius 3 is 2.56 bits per heavy atom. The third-order valence-electron chi connectivity index (χ3n) is 4.31. The van der Waals surface area contributed by atoms with E-state index in [1.807, 2.05) is 30.7 Å². The number of halogens is 2. The molecule has 0 saturated carbocycles. The summed E-state index contributed by atoms with van der Waals surface area (Å²) in [5, 5.41) is 2.83. The second kappa shape index (κ2) is 7.61. The summed E-state index contributed by atoms with van der Waals surface area (Å²) < 4.78 is 36.1. The zero-order valence-electron chi connectivity index (χ0n) is 15.1. The molecule has 0 fully saturated rings. The van der Waals surface area contributed by atoms with E-state index >= 15 is 0 Å². The summed E-state index contributed by atoms with van der Waals surface area (Å²) in [5.41, 5.74) is 2.84. The van der Waals surface area contributed by atoms with Gasteiger partial charge in [-0.05, 0) is 43.3 Å². The molecule has 1 N–H and O–H groups in total. The summed E-state index contributed by atoms with van der Waals surface area (Å²) >= 11 is 0. The molecule has 0 spiro atoms. The van der Waals surface area contributed by atoms with E-state index in [4.69, 9.17) is 4.74 Å². The van der Waals surface area contributed by atoms with Gasteiger partial charge in [0.2, 0.25) is 0 Å². The van der Waals surface area contributed by atoms with Crippen molar-refractivity contribution in [1.29, 1.82) is 0 Å². The van der Waals surface area contributed by atoms with Crippen molar-refractivity contribution in [3.63, 3.8) is 0 Å². The number of aryl methyl sites for hydroxylation is 2. The van der Waals surface area contributed by atoms with Crippen LogP contribution in [0.1, 0.15) is 21.7 Å². The third kappa shape index (κ3) is 3.84. The fourth-order valence-corrected chi connectivity index (χ4v) is 2.90. The molecule has 0 aliphatic carbocycles. The number of carbonyl (C=O) groups is 1. The average molecular weight is 375 g/mol. The van der Waals surface area contributed by atoms with Gasteiger partial charge in [-0.15, -0.1) is 0 Å². The number of amides is 1. The molecule has 0 saturated heterocycles. The molecule has 1 amide bonds. The molecular weight excluding hydrogens is 356 g/mol. The average Bonchev–Trinajstić information content (AvgIpc) is 2.94. The Bertz CT molecular complexity index is 968. The minimum absolute atomic E-state index is 0.00153. The van der Waals surface area contributed by atoms with Crippen molar-refractivity contribution in [3.05, 3.63) is 53.3 Å². The second-order valence-electron chi connectivity index (χ2n) is 5.92. The van der Waals surface area contributed by atoms with Gasteiger partial charge in [-0.25, -0.2) is 4.98 Å². The van der Waals surface area contributed by atoms with E-state index in [1.165, 1.54) is 24.3 Å². The lowest BCUT2D eigenvalue weighted by atomic mass is 10.1. The van der Waals surface area contributed by atoms with E-state index < -0.39 is 6.61 Å². The van der Waals surface area contributed by atoms with Crippen molar-refractivity contribution in [3.8, 4) is 11.5 Å². The van der Waals surface area contributed by atoms with Crippen LogP contribution in [0.2, 0.25) is 0 Å². The molecule has 0 bridgehead atoms. The fourth-order valence-electron chi connectivity index (χ4n) is 2.90. The third-order valence-corrected chi connectivity index (χ3v) is 4.31. The van der Waals surface area contributed by atoms with Gasteiger partial charge in [0.05, 0.1) is 18.1 Å². The first-order valence-electron chi connectivity index (χ1n) is 8.22. The Morgan fingerprint density at radius 2 is 1.93 bits per heavy atom. The summed E-state index contributed by atoms with van der Waals surface area (Å²) in [6.07, 6.45) is 0. The number of alkyl halides is 2. The van der Waals surface area contributed by atoms with E-state index in [1.54, 1.807) is 7.11 Å². The molecule has 0 radical (unpaired) electrons. The van der Waals surface area contributed by atoms with Crippen molar-refractivity contribution in [2.45, 2.75) is 20.1 Å². The second-order valence-corrected chi connectivity index (χ2v) is 5.92. The van der Waals surface area contributed by atoms with Gasteiger partial charge in [-0.3, -0.25) is 4.79 Å². The number of imidazole rings is 1. The normalized spacial score (nSPS) is 11.0. The van der Waals surface area contributed by atoms with Gasteiger partial charge in [0, 0.05) is 24.7 Å². The summed E-state index contributed by atoms with van der Waals surface area (Å²) in [6, 6.07) is 9.19. The molecule has 0 unspecified atom stereocenters. The van der Waals surface area contributed by atoms with Crippen LogP contribution in [0.25, 0.3) is 11.0 Å². The lowest BCUT2D eigenvalue weighted by Gasteiger charge is -2.13. The molecule has 8 heteroatoms. The number of nitrogens with zero attached hydrogens (tertiary/aromatic N) is 2. The van der Waals surface area contributed by atoms with Crippen LogP contribution in [-0.2, 0) is 13.6 Å². The van der Waals surface area contributed by atoms with Gasteiger partial charge in [-0.2, -0.15) is 8.78 Å². The number of nitrogens with one attached hydrogen (secondary N) is 1. The molecule has 0 aliphatic heterocycles. The molecular formula is C19H19F2N3O3. The van der Waals surface area contributed by atoms with Gasteiger partial charge in [0.1, 0.15) is 17.3 Å². The highest BCUT2D eigenvalue weighted by molar-refractivity contribution is 5.94. The number of hydrogen-bond acceptors (Lipinski definition) is 4. The number of benzene rings is 2. The topological polar surface area (TPSA) is 65.4 Å². The van der Waals surface area contributed by atoms with Crippen LogP contribution in [0.4, 0.5) is 8.78 Å². The number of hydrogen-bond donors (Lipinski definition) is 1. The predicted octanol–water partition coefficient (Wildman–Crippen LogP) is 3.42. The maximum Gasteiger partial charge on any atom is 0.387 e. The molecule has 27 heavy (non-hydrogen) atoms. The standard InChI is InChI=1S/C19H19F2N3O3/c1-11-23-15-8-9-16(26-3)14(17(15)24(11)2)10-22-18(25)12-4-6-13(7-5-12)27-19(20)21/h4-9,19H,10H2,1-3H3,(H,22,25). The molecule has 142 valence electrons. The smallest absolute Gasteiger partial charge is 0.387 e. The Hall–Kier alpha value is -3.16. The van der Waals surface area contributed by atoms with Crippen LogP contribution >= 0.6 is 0 Å². The van der Waals surface area contributed by atoms with Gasteiger partial charge in [-0.1, -0.05) is 0 Å². The van der Waals surface area contributed by atoms with Gasteiger partial charge in [0.25, 0.3) is 5.91 Å². The maximum absolute atomic E-state index is 12.4. The summed E-state index contributed by atoms with van der Waals surface area (Å²) in [6.45, 7) is -0.772. The zero-order valence-corrected chi connectivity index (χ0v) is 15.1. The van der Waals surface area contributed by atoms with Crippen molar-refractivity contribution in [2.24, 2.45) is 7.05 Å². The first-order chi connectivity index (χ1) is 12.9. The largest absolute Gasteiger partial charge is 0.496 e. The van der Waals surface area contributed by atoms with Crippen LogP contribution in [-0.4, -0.2) is 29.2 Å². The number of methoxy groups -OCH3 is 1. The van der Waals surface area contributed by atoms with E-state index in [9.17, 15) is 13.6 Å². The predicted molar refractivity (Wildman–Crippen MR) is 96.2 cm³/mol. The van der Waals surface area contributed by atoms with E-state index in [-0.39, 0.29) is 18.2 Å². The van der Waals surface area contributed by atoms with Crippen LogP contribution in [0.15, 0.2) is 36.4 Å². The molecule has 6 nitrogen and oxygen atoms in total. The first-order valence-corrected chi connectivity index (χ1v) is 8.22. The van der Waals surface area contributed by atoms with Crippen molar-refractivity contribution in [1.82, 2.24) is 14.9 Å². The molecule has 1 aromatic heterocycles. The van der Waals surface area contributed by atoms with Gasteiger partial charge >= 0.3 is 6.61 Å². The first kappa shape index (κ1) is 18.6. The lowest BCUT2D eigenvalue weighted by molar-refractivity contribution is -0.0498. The van der Waals surface area contributed by atoms with E-state index in [2.05, 4.69) is 15.0 Å². The Morgan fingerprint density at radius 1 is 1.22 bits per heavy atom. The summed E-state index contributed by atoms with van der Waals surface area (Å²) in [7, 11) is 3.47. The fraction of sp³-hybridized carbons (Fsp3) is 0.263. The Balaban J connectivity index is 1.81. The Labute approximate surface area is 154 Å².